The zero-order valence-electron chi connectivity index (χ0n) is 10.7. The summed E-state index contributed by atoms with van der Waals surface area (Å²) in [6, 6.07) is 4.40. The van der Waals surface area contributed by atoms with Gasteiger partial charge in [0.05, 0.1) is 6.42 Å². The number of carbonyl (C=O) groups is 1. The van der Waals surface area contributed by atoms with Crippen LogP contribution >= 0.6 is 11.6 Å². The lowest BCUT2D eigenvalue weighted by atomic mass is 9.91. The van der Waals surface area contributed by atoms with Crippen molar-refractivity contribution < 1.29 is 9.18 Å². The fraction of sp³-hybridized carbons (Fsp3) is 0.500. The topological polar surface area (TPSA) is 55.1 Å². The van der Waals surface area contributed by atoms with Gasteiger partial charge >= 0.3 is 0 Å². The molecule has 3 N–H and O–H groups in total. The van der Waals surface area contributed by atoms with Crippen LogP contribution in [0.4, 0.5) is 4.39 Å². The van der Waals surface area contributed by atoms with Crippen molar-refractivity contribution in [3.8, 4) is 0 Å². The molecule has 0 radical (unpaired) electrons. The van der Waals surface area contributed by atoms with Crippen molar-refractivity contribution in [3.63, 3.8) is 0 Å². The number of hydrogen-bond acceptors (Lipinski definition) is 2. The predicted octanol–water partition coefficient (Wildman–Crippen LogP) is 2.41. The normalized spacial score (nSPS) is 23.1. The van der Waals surface area contributed by atoms with Crippen LogP contribution in [-0.2, 0) is 11.2 Å². The van der Waals surface area contributed by atoms with Gasteiger partial charge in [-0.05, 0) is 25.0 Å². The summed E-state index contributed by atoms with van der Waals surface area (Å²) in [6.07, 6.45) is 3.93. The second-order valence-corrected chi connectivity index (χ2v) is 5.41. The molecule has 0 bridgehead atoms. The summed E-state index contributed by atoms with van der Waals surface area (Å²) < 4.78 is 13.6. The number of rotatable bonds is 3. The van der Waals surface area contributed by atoms with E-state index in [4.69, 9.17) is 17.3 Å². The summed E-state index contributed by atoms with van der Waals surface area (Å²) >= 11 is 5.90. The number of nitrogens with two attached hydrogens (primary N) is 1. The molecule has 19 heavy (non-hydrogen) atoms. The summed E-state index contributed by atoms with van der Waals surface area (Å²) in [5.74, 6) is -0.676. The molecule has 0 spiro atoms. The standard InChI is InChI=1S/C14H18ClFN2O/c15-10-4-3-5-11(16)9(10)8-14(19)18-13-7-2-1-6-12(13)17/h3-5,12-13H,1-2,6-8,17H2,(H,18,19)/t12-,13-/m1/s1. The SMILES string of the molecule is N[C@@H]1CCCC[C@H]1NC(=O)Cc1c(F)cccc1Cl. The van der Waals surface area contributed by atoms with E-state index in [0.717, 1.165) is 25.7 Å². The number of nitrogens with one attached hydrogen (secondary N) is 1. The maximum Gasteiger partial charge on any atom is 0.224 e. The predicted molar refractivity (Wildman–Crippen MR) is 73.5 cm³/mol. The molecule has 1 saturated carbocycles. The second kappa shape index (κ2) is 6.35. The van der Waals surface area contributed by atoms with Crippen molar-refractivity contribution in [3.05, 3.63) is 34.6 Å². The Kier molecular flexibility index (Phi) is 4.77. The van der Waals surface area contributed by atoms with Crippen LogP contribution in [0, 0.1) is 5.82 Å². The zero-order chi connectivity index (χ0) is 13.8. The lowest BCUT2D eigenvalue weighted by Crippen LogP contribution is -2.49. The molecule has 1 amide bonds. The van der Waals surface area contributed by atoms with Gasteiger partial charge in [0.2, 0.25) is 5.91 Å². The molecule has 1 aliphatic rings. The molecule has 1 aromatic carbocycles. The van der Waals surface area contributed by atoms with Crippen molar-refractivity contribution >= 4 is 17.5 Å². The average Bonchev–Trinajstić information content (AvgIpc) is 2.37. The van der Waals surface area contributed by atoms with Gasteiger partial charge in [0.15, 0.2) is 0 Å². The molecule has 2 rings (SSSR count). The molecule has 1 aliphatic carbocycles. The third-order valence-corrected chi connectivity index (χ3v) is 3.92. The van der Waals surface area contributed by atoms with Crippen LogP contribution in [0.1, 0.15) is 31.2 Å². The first-order valence-corrected chi connectivity index (χ1v) is 6.93. The van der Waals surface area contributed by atoms with Crippen LogP contribution in [0.5, 0.6) is 0 Å². The first kappa shape index (κ1) is 14.3. The van der Waals surface area contributed by atoms with Crippen LogP contribution in [0.3, 0.4) is 0 Å². The minimum atomic E-state index is -0.449. The van der Waals surface area contributed by atoms with Crippen LogP contribution in [0.25, 0.3) is 0 Å². The van der Waals surface area contributed by atoms with E-state index in [1.54, 1.807) is 6.07 Å². The van der Waals surface area contributed by atoms with Crippen molar-refractivity contribution in [2.45, 2.75) is 44.2 Å². The van der Waals surface area contributed by atoms with Gasteiger partial charge in [-0.3, -0.25) is 4.79 Å². The Morgan fingerprint density at radius 1 is 1.42 bits per heavy atom. The van der Waals surface area contributed by atoms with Crippen molar-refractivity contribution in [2.24, 2.45) is 5.73 Å². The fourth-order valence-electron chi connectivity index (χ4n) is 2.46. The molecule has 104 valence electrons. The third-order valence-electron chi connectivity index (χ3n) is 3.56. The van der Waals surface area contributed by atoms with Crippen molar-refractivity contribution in [2.75, 3.05) is 0 Å². The molecule has 0 heterocycles. The van der Waals surface area contributed by atoms with Gasteiger partial charge in [0, 0.05) is 22.7 Å². The Hall–Kier alpha value is -1.13. The maximum atomic E-state index is 13.6. The smallest absolute Gasteiger partial charge is 0.224 e. The number of carbonyl (C=O) groups excluding carboxylic acids is 1. The van der Waals surface area contributed by atoms with Gasteiger partial charge < -0.3 is 11.1 Å². The number of amides is 1. The largest absolute Gasteiger partial charge is 0.352 e. The summed E-state index contributed by atoms with van der Waals surface area (Å²) in [5.41, 5.74) is 6.21. The molecule has 1 aromatic rings. The van der Waals surface area contributed by atoms with E-state index in [2.05, 4.69) is 5.32 Å². The highest BCUT2D eigenvalue weighted by Crippen LogP contribution is 2.20. The van der Waals surface area contributed by atoms with E-state index in [-0.39, 0.29) is 35.0 Å². The first-order chi connectivity index (χ1) is 9.08. The molecule has 0 aromatic heterocycles. The van der Waals surface area contributed by atoms with E-state index in [0.29, 0.717) is 0 Å². The summed E-state index contributed by atoms with van der Waals surface area (Å²) in [5, 5.41) is 3.16. The lowest BCUT2D eigenvalue weighted by molar-refractivity contribution is -0.121. The number of halogens is 2. The minimum absolute atomic E-state index is 0.00575. The number of benzene rings is 1. The van der Waals surface area contributed by atoms with Gasteiger partial charge in [0.25, 0.3) is 0 Å². The second-order valence-electron chi connectivity index (χ2n) is 5.00. The molecule has 5 heteroatoms. The minimum Gasteiger partial charge on any atom is -0.352 e. The van der Waals surface area contributed by atoms with Gasteiger partial charge in [0.1, 0.15) is 5.82 Å². The van der Waals surface area contributed by atoms with E-state index >= 15 is 0 Å². The molecule has 1 fully saturated rings. The van der Waals surface area contributed by atoms with E-state index in [9.17, 15) is 9.18 Å². The van der Waals surface area contributed by atoms with Gasteiger partial charge in [-0.25, -0.2) is 4.39 Å². The van der Waals surface area contributed by atoms with Crippen LogP contribution in [0.2, 0.25) is 5.02 Å². The summed E-state index contributed by atoms with van der Waals surface area (Å²) in [7, 11) is 0. The highest BCUT2D eigenvalue weighted by Gasteiger charge is 2.23. The average molecular weight is 285 g/mol. The quantitative estimate of drug-likeness (QED) is 0.895. The first-order valence-electron chi connectivity index (χ1n) is 6.56. The van der Waals surface area contributed by atoms with Gasteiger partial charge in [-0.2, -0.15) is 0 Å². The Balaban J connectivity index is 1.97. The highest BCUT2D eigenvalue weighted by atomic mass is 35.5. The van der Waals surface area contributed by atoms with E-state index < -0.39 is 5.82 Å². The Morgan fingerprint density at radius 3 is 2.84 bits per heavy atom. The monoisotopic (exact) mass is 284 g/mol. The molecule has 0 aliphatic heterocycles. The molecule has 2 atom stereocenters. The van der Waals surface area contributed by atoms with Crippen LogP contribution in [-0.4, -0.2) is 18.0 Å². The van der Waals surface area contributed by atoms with Crippen LogP contribution < -0.4 is 11.1 Å². The summed E-state index contributed by atoms with van der Waals surface area (Å²) in [4.78, 5) is 11.9. The Labute approximate surface area is 117 Å². The third kappa shape index (κ3) is 3.67. The van der Waals surface area contributed by atoms with E-state index in [1.165, 1.54) is 12.1 Å². The van der Waals surface area contributed by atoms with Crippen molar-refractivity contribution in [1.29, 1.82) is 0 Å². The number of hydrogen-bond donors (Lipinski definition) is 2. The molecule has 0 saturated heterocycles. The highest BCUT2D eigenvalue weighted by molar-refractivity contribution is 6.31. The molecule has 0 unspecified atom stereocenters. The van der Waals surface area contributed by atoms with Gasteiger partial charge in [-0.1, -0.05) is 30.5 Å². The van der Waals surface area contributed by atoms with E-state index in [1.807, 2.05) is 0 Å². The van der Waals surface area contributed by atoms with Crippen LogP contribution in [0.15, 0.2) is 18.2 Å². The summed E-state index contributed by atoms with van der Waals surface area (Å²) in [6.45, 7) is 0. The lowest BCUT2D eigenvalue weighted by Gasteiger charge is -2.29. The Morgan fingerprint density at radius 2 is 2.16 bits per heavy atom. The fourth-order valence-corrected chi connectivity index (χ4v) is 2.69. The maximum absolute atomic E-state index is 13.6. The molecule has 3 nitrogen and oxygen atoms in total. The van der Waals surface area contributed by atoms with Crippen molar-refractivity contribution in [1.82, 2.24) is 5.32 Å². The molecular weight excluding hydrogens is 267 g/mol. The molecular formula is C14H18ClFN2O. The Bertz CT molecular complexity index is 447. The zero-order valence-corrected chi connectivity index (χ0v) is 11.4. The van der Waals surface area contributed by atoms with Gasteiger partial charge in [-0.15, -0.1) is 0 Å².